The van der Waals surface area contributed by atoms with Crippen molar-refractivity contribution in [3.8, 4) is 61.7 Å². The minimum atomic E-state index is 0.924. The van der Waals surface area contributed by atoms with E-state index in [1.54, 1.807) is 0 Å². The fraction of sp³-hybridized carbons (Fsp3) is 0. The number of aromatic nitrogens is 3. The minimum Gasteiger partial charge on any atom is -0.308 e. The van der Waals surface area contributed by atoms with Crippen LogP contribution < -0.4 is 0 Å². The molecule has 3 aromatic heterocycles. The van der Waals surface area contributed by atoms with Gasteiger partial charge in [-0.1, -0.05) is 164 Å². The summed E-state index contributed by atoms with van der Waals surface area (Å²) in [6.45, 7) is 0. The summed E-state index contributed by atoms with van der Waals surface area (Å²) in [4.78, 5) is 10.6. The van der Waals surface area contributed by atoms with Gasteiger partial charge in [-0.2, -0.15) is 0 Å². The van der Waals surface area contributed by atoms with Gasteiger partial charge in [0.05, 0.1) is 33.6 Å². The number of hydrogen-bond acceptors (Lipinski definition) is 2. The number of fused-ring (bicyclic) bond motifs is 5. The molecule has 0 saturated carbocycles. The number of hydrogen-bond donors (Lipinski definition) is 0. The lowest BCUT2D eigenvalue weighted by molar-refractivity contribution is 1.18. The zero-order valence-electron chi connectivity index (χ0n) is 28.9. The Labute approximate surface area is 308 Å². The first-order chi connectivity index (χ1) is 26.3. The van der Waals surface area contributed by atoms with E-state index in [2.05, 4.69) is 199 Å². The third-order valence-corrected chi connectivity index (χ3v) is 10.2. The number of nitrogens with zero attached hydrogens (tertiary/aromatic N) is 3. The highest BCUT2D eigenvalue weighted by atomic mass is 15.0. The zero-order chi connectivity index (χ0) is 35.1. The van der Waals surface area contributed by atoms with Crippen LogP contribution in [0.25, 0.3) is 94.4 Å². The van der Waals surface area contributed by atoms with Gasteiger partial charge in [0, 0.05) is 38.5 Å². The van der Waals surface area contributed by atoms with E-state index in [-0.39, 0.29) is 0 Å². The van der Waals surface area contributed by atoms with E-state index in [1.165, 1.54) is 16.5 Å². The summed E-state index contributed by atoms with van der Waals surface area (Å²) < 4.78 is 2.41. The second-order valence-corrected chi connectivity index (χ2v) is 13.4. The number of rotatable bonds is 6. The molecule has 10 aromatic rings. The predicted molar refractivity (Wildman–Crippen MR) is 221 cm³/mol. The van der Waals surface area contributed by atoms with Crippen LogP contribution in [0.2, 0.25) is 0 Å². The van der Waals surface area contributed by atoms with Gasteiger partial charge in [0.15, 0.2) is 0 Å². The Morgan fingerprint density at radius 2 is 0.868 bits per heavy atom. The third-order valence-electron chi connectivity index (χ3n) is 10.2. The first-order valence-corrected chi connectivity index (χ1v) is 18.0. The summed E-state index contributed by atoms with van der Waals surface area (Å²) in [7, 11) is 0. The highest BCUT2D eigenvalue weighted by molar-refractivity contribution is 6.22. The first-order valence-electron chi connectivity index (χ1n) is 18.0. The summed E-state index contributed by atoms with van der Waals surface area (Å²) in [6.07, 6.45) is 0. The molecule has 3 nitrogen and oxygen atoms in total. The molecule has 10 rings (SSSR count). The molecule has 0 N–H and O–H groups in total. The van der Waals surface area contributed by atoms with Crippen LogP contribution in [0.3, 0.4) is 0 Å². The molecule has 248 valence electrons. The molecule has 0 fully saturated rings. The molecular weight excluding hydrogens is 643 g/mol. The van der Waals surface area contributed by atoms with Gasteiger partial charge in [-0.25, -0.2) is 9.97 Å². The lowest BCUT2D eigenvalue weighted by atomic mass is 9.97. The lowest BCUT2D eigenvalue weighted by Crippen LogP contribution is -1.97. The molecule has 0 saturated heterocycles. The van der Waals surface area contributed by atoms with Crippen molar-refractivity contribution in [1.82, 2.24) is 14.5 Å². The Bertz CT molecular complexity index is 2910. The van der Waals surface area contributed by atoms with Crippen molar-refractivity contribution in [1.29, 1.82) is 0 Å². The summed E-state index contributed by atoms with van der Waals surface area (Å²) >= 11 is 0. The molecule has 0 aliphatic carbocycles. The molecule has 0 radical (unpaired) electrons. The van der Waals surface area contributed by atoms with Crippen LogP contribution in [0, 0.1) is 0 Å². The normalized spacial score (nSPS) is 11.4. The first kappa shape index (κ1) is 30.7. The number of benzene rings is 7. The van der Waals surface area contributed by atoms with E-state index in [9.17, 15) is 0 Å². The smallest absolute Gasteiger partial charge is 0.0809 e. The van der Waals surface area contributed by atoms with Gasteiger partial charge < -0.3 is 4.57 Å². The molecule has 3 heteroatoms. The quantitative estimate of drug-likeness (QED) is 0.176. The van der Waals surface area contributed by atoms with Gasteiger partial charge in [0.25, 0.3) is 0 Å². The van der Waals surface area contributed by atoms with Gasteiger partial charge in [-0.3, -0.25) is 0 Å². The van der Waals surface area contributed by atoms with E-state index in [4.69, 9.17) is 9.97 Å². The summed E-state index contributed by atoms with van der Waals surface area (Å²) in [6, 6.07) is 70.8. The third kappa shape index (κ3) is 5.47. The molecule has 3 heterocycles. The molecule has 7 aromatic carbocycles. The Hall–Kier alpha value is -7.10. The highest BCUT2D eigenvalue weighted by Crippen LogP contribution is 2.42. The van der Waals surface area contributed by atoms with Crippen molar-refractivity contribution in [2.45, 2.75) is 0 Å². The Morgan fingerprint density at radius 3 is 1.58 bits per heavy atom. The van der Waals surface area contributed by atoms with Gasteiger partial charge in [-0.05, 0) is 58.7 Å². The van der Waals surface area contributed by atoms with Crippen LogP contribution in [0.15, 0.2) is 200 Å². The average Bonchev–Trinajstić information content (AvgIpc) is 3.60. The van der Waals surface area contributed by atoms with Crippen LogP contribution in [0.1, 0.15) is 0 Å². The minimum absolute atomic E-state index is 0.924. The van der Waals surface area contributed by atoms with Crippen LogP contribution in [-0.2, 0) is 0 Å². The number of para-hydroxylation sites is 2. The maximum absolute atomic E-state index is 5.30. The Balaban J connectivity index is 1.18. The molecule has 0 atom stereocenters. The summed E-state index contributed by atoms with van der Waals surface area (Å²) in [5.74, 6) is 0. The van der Waals surface area contributed by atoms with Crippen LogP contribution >= 0.6 is 0 Å². The van der Waals surface area contributed by atoms with Crippen LogP contribution in [0.5, 0.6) is 0 Å². The van der Waals surface area contributed by atoms with Crippen molar-refractivity contribution in [3.63, 3.8) is 0 Å². The van der Waals surface area contributed by atoms with Crippen molar-refractivity contribution in [3.05, 3.63) is 200 Å². The largest absolute Gasteiger partial charge is 0.308 e. The molecular formula is C50H33N3. The molecule has 53 heavy (non-hydrogen) atoms. The van der Waals surface area contributed by atoms with Crippen molar-refractivity contribution < 1.29 is 0 Å². The predicted octanol–water partition coefficient (Wildman–Crippen LogP) is 13.1. The molecule has 0 aliphatic heterocycles. The van der Waals surface area contributed by atoms with Gasteiger partial charge in [0.2, 0.25) is 0 Å². The maximum atomic E-state index is 5.30. The molecule has 0 spiro atoms. The van der Waals surface area contributed by atoms with E-state index in [0.29, 0.717) is 0 Å². The maximum Gasteiger partial charge on any atom is 0.0809 e. The average molecular weight is 676 g/mol. The van der Waals surface area contributed by atoms with Crippen molar-refractivity contribution in [2.24, 2.45) is 0 Å². The zero-order valence-corrected chi connectivity index (χ0v) is 28.9. The molecule has 0 bridgehead atoms. The second kappa shape index (κ2) is 12.9. The molecule has 0 aliphatic rings. The number of pyridine rings is 2. The second-order valence-electron chi connectivity index (χ2n) is 13.4. The van der Waals surface area contributed by atoms with Gasteiger partial charge in [0.1, 0.15) is 0 Å². The van der Waals surface area contributed by atoms with Gasteiger partial charge in [-0.15, -0.1) is 0 Å². The van der Waals surface area contributed by atoms with E-state index in [1.807, 2.05) is 6.07 Å². The topological polar surface area (TPSA) is 30.7 Å². The van der Waals surface area contributed by atoms with Crippen LogP contribution in [-0.4, -0.2) is 14.5 Å². The highest BCUT2D eigenvalue weighted by Gasteiger charge is 2.21. The molecule has 0 unspecified atom stereocenters. The van der Waals surface area contributed by atoms with E-state index >= 15 is 0 Å². The lowest BCUT2D eigenvalue weighted by Gasteiger charge is -2.14. The van der Waals surface area contributed by atoms with E-state index in [0.717, 1.165) is 77.9 Å². The summed E-state index contributed by atoms with van der Waals surface area (Å²) in [5.41, 5.74) is 15.1. The Kier molecular flexibility index (Phi) is 7.47. The summed E-state index contributed by atoms with van der Waals surface area (Å²) in [5, 5.41) is 3.45. The van der Waals surface area contributed by atoms with Crippen molar-refractivity contribution in [2.75, 3.05) is 0 Å². The molecule has 0 amide bonds. The van der Waals surface area contributed by atoms with Crippen LogP contribution in [0.4, 0.5) is 0 Å². The van der Waals surface area contributed by atoms with E-state index < -0.39 is 0 Å². The fourth-order valence-electron chi connectivity index (χ4n) is 7.65. The Morgan fingerprint density at radius 1 is 0.340 bits per heavy atom. The fourth-order valence-corrected chi connectivity index (χ4v) is 7.65. The van der Waals surface area contributed by atoms with Gasteiger partial charge >= 0.3 is 0 Å². The van der Waals surface area contributed by atoms with Crippen molar-refractivity contribution >= 4 is 32.7 Å². The standard InChI is InChI=1S/C50H33N3/c1-4-15-34(16-5-1)35-27-29-36(30-28-35)40-32-45(37-17-6-2-7-18-37)51-46(33-40)39-21-14-22-41(31-39)53-47-26-13-11-24-43(47)48-49(38-19-8-3-9-20-38)52-44-25-12-10-23-42(44)50(48)53/h1-33H. The SMILES string of the molecule is c1ccc(-c2ccc(-c3cc(-c4ccccc4)nc(-c4cccc(-n5c6ccccc6c6c(-c7ccccc7)nc7ccccc7c65)c4)c3)cc2)cc1. The monoisotopic (exact) mass is 675 g/mol.